The van der Waals surface area contributed by atoms with Crippen molar-refractivity contribution in [2.45, 2.75) is 25.1 Å². The molecule has 1 unspecified atom stereocenters. The molecule has 0 saturated carbocycles. The summed E-state index contributed by atoms with van der Waals surface area (Å²) in [6.45, 7) is 1.88. The van der Waals surface area contributed by atoms with Crippen molar-refractivity contribution in [3.8, 4) is 0 Å². The molecule has 4 nitrogen and oxygen atoms in total. The van der Waals surface area contributed by atoms with Crippen molar-refractivity contribution in [3.63, 3.8) is 0 Å². The zero-order valence-corrected chi connectivity index (χ0v) is 10.9. The van der Waals surface area contributed by atoms with Gasteiger partial charge in [-0.05, 0) is 6.42 Å². The summed E-state index contributed by atoms with van der Waals surface area (Å²) >= 11 is 0. The average molecular weight is 303 g/mol. The summed E-state index contributed by atoms with van der Waals surface area (Å²) in [6, 6.07) is 5.26. The normalized spacial score (nSPS) is 13.4. The highest BCUT2D eigenvalue weighted by molar-refractivity contribution is 7.85. The summed E-state index contributed by atoms with van der Waals surface area (Å²) in [7, 11) is -10.0. The molecule has 0 aliphatic heterocycles. The van der Waals surface area contributed by atoms with Gasteiger partial charge in [0.25, 0.3) is 5.37 Å². The van der Waals surface area contributed by atoms with Crippen molar-refractivity contribution in [2.24, 2.45) is 0 Å². The van der Waals surface area contributed by atoms with E-state index in [9.17, 15) is 25.7 Å². The molecule has 1 rings (SSSR count). The van der Waals surface area contributed by atoms with Crippen LogP contribution in [0.2, 0.25) is 0 Å². The summed E-state index contributed by atoms with van der Waals surface area (Å²) in [4.78, 5) is 0. The lowest BCUT2D eigenvalue weighted by Crippen LogP contribution is -2.42. The molecule has 19 heavy (non-hydrogen) atoms. The second-order valence-electron chi connectivity index (χ2n) is 3.58. The first-order valence-corrected chi connectivity index (χ1v) is 6.85. The van der Waals surface area contributed by atoms with Crippen LogP contribution in [0.25, 0.3) is 0 Å². The molecule has 0 spiro atoms. The molecule has 0 bridgehead atoms. The summed E-state index contributed by atoms with van der Waals surface area (Å²) in [5.41, 5.74) is 0. The van der Waals surface area contributed by atoms with Crippen LogP contribution in [0.15, 0.2) is 30.6 Å². The van der Waals surface area contributed by atoms with E-state index in [1.165, 1.54) is 4.57 Å². The molecule has 1 aromatic heterocycles. The second-order valence-corrected chi connectivity index (χ2v) is 5.15. The minimum Gasteiger partial charge on any atom is -0.418 e. The fourth-order valence-electron chi connectivity index (χ4n) is 1.30. The van der Waals surface area contributed by atoms with Crippen molar-refractivity contribution in [1.29, 1.82) is 0 Å². The van der Waals surface area contributed by atoms with Gasteiger partial charge in [-0.15, -0.1) is 0 Å². The van der Waals surface area contributed by atoms with Gasteiger partial charge in [-0.25, -0.2) is 0 Å². The van der Waals surface area contributed by atoms with E-state index in [-0.39, 0.29) is 0 Å². The summed E-state index contributed by atoms with van der Waals surface area (Å²) < 4.78 is 71.6. The third kappa shape index (κ3) is 9.43. The van der Waals surface area contributed by atoms with Crippen LogP contribution in [0.3, 0.4) is 0 Å². The fraction of sp³-hybridized carbons (Fsp3) is 0.444. The van der Waals surface area contributed by atoms with Gasteiger partial charge in [0, 0.05) is 18.6 Å². The Morgan fingerprint density at radius 3 is 1.89 bits per heavy atom. The largest absolute Gasteiger partial charge is 0.673 e. The topological polar surface area (TPSA) is 58.2 Å². The molecular formula is C9H14BF4NO3S. The van der Waals surface area contributed by atoms with Crippen molar-refractivity contribution in [2.75, 3.05) is 0 Å². The smallest absolute Gasteiger partial charge is 0.418 e. The molecule has 0 aliphatic carbocycles. The predicted octanol–water partition coefficient (Wildman–Crippen LogP) is 2.46. The molecule has 1 N–H and O–H groups in total. The molecule has 0 aromatic carbocycles. The van der Waals surface area contributed by atoms with Gasteiger partial charge in [-0.3, -0.25) is 4.55 Å². The van der Waals surface area contributed by atoms with E-state index in [0.29, 0.717) is 12.8 Å². The number of aromatic nitrogens is 1. The van der Waals surface area contributed by atoms with Crippen LogP contribution in [0.5, 0.6) is 0 Å². The quantitative estimate of drug-likeness (QED) is 0.402. The maximum atomic E-state index is 11.1. The summed E-state index contributed by atoms with van der Waals surface area (Å²) in [5.74, 6) is 0. The van der Waals surface area contributed by atoms with E-state index in [2.05, 4.69) is 0 Å². The standard InChI is InChI=1S/C9H13NO3S.BF4/c1-2-6-9(14(11,12)13)10-7-4-3-5-8-10;2-1(3,4)5/h3-5,7-9H,2,6H2,1H3;/q;-1/p+1. The maximum absolute atomic E-state index is 11.1. The summed E-state index contributed by atoms with van der Waals surface area (Å²) in [5, 5.41) is -0.867. The minimum absolute atomic E-state index is 0.410. The van der Waals surface area contributed by atoms with Crippen molar-refractivity contribution in [1.82, 2.24) is 0 Å². The highest BCUT2D eigenvalue weighted by Crippen LogP contribution is 2.12. The third-order valence-electron chi connectivity index (χ3n) is 1.95. The highest BCUT2D eigenvalue weighted by atomic mass is 32.2. The van der Waals surface area contributed by atoms with E-state index >= 15 is 0 Å². The van der Waals surface area contributed by atoms with Gasteiger partial charge >= 0.3 is 17.4 Å². The van der Waals surface area contributed by atoms with E-state index < -0.39 is 22.7 Å². The van der Waals surface area contributed by atoms with Crippen LogP contribution in [-0.2, 0) is 10.1 Å². The zero-order chi connectivity index (χ0) is 15.1. The number of hydrogen-bond acceptors (Lipinski definition) is 2. The first-order chi connectivity index (χ1) is 8.55. The molecule has 110 valence electrons. The number of hydrogen-bond donors (Lipinski definition) is 1. The Morgan fingerprint density at radius 1 is 1.16 bits per heavy atom. The minimum atomic E-state index is -6.00. The van der Waals surface area contributed by atoms with Crippen molar-refractivity contribution in [3.05, 3.63) is 30.6 Å². The van der Waals surface area contributed by atoms with Gasteiger partial charge < -0.3 is 17.3 Å². The molecule has 0 fully saturated rings. The van der Waals surface area contributed by atoms with Crippen molar-refractivity contribution < 1.29 is 34.8 Å². The molecule has 0 saturated heterocycles. The molecular weight excluding hydrogens is 289 g/mol. The van der Waals surface area contributed by atoms with Gasteiger partial charge in [0.1, 0.15) is 0 Å². The fourth-order valence-corrected chi connectivity index (χ4v) is 2.28. The van der Waals surface area contributed by atoms with Crippen LogP contribution >= 0.6 is 0 Å². The lowest BCUT2D eigenvalue weighted by Gasteiger charge is -2.07. The Balaban J connectivity index is 0.000000555. The molecule has 1 atom stereocenters. The van der Waals surface area contributed by atoms with E-state index in [1.54, 1.807) is 30.6 Å². The van der Waals surface area contributed by atoms with Crippen LogP contribution in [0.1, 0.15) is 25.1 Å². The van der Waals surface area contributed by atoms with Gasteiger partial charge in [0.2, 0.25) is 0 Å². The molecule has 0 radical (unpaired) electrons. The molecule has 10 heteroatoms. The predicted molar refractivity (Wildman–Crippen MR) is 62.3 cm³/mol. The van der Waals surface area contributed by atoms with Gasteiger partial charge in [-0.1, -0.05) is 13.0 Å². The molecule has 0 amide bonds. The second kappa shape index (κ2) is 7.44. The van der Waals surface area contributed by atoms with Gasteiger partial charge in [-0.2, -0.15) is 13.0 Å². The number of halogens is 4. The van der Waals surface area contributed by atoms with Crippen molar-refractivity contribution >= 4 is 17.4 Å². The van der Waals surface area contributed by atoms with Crippen LogP contribution in [0.4, 0.5) is 17.3 Å². The Labute approximate surface area is 108 Å². The Hall–Kier alpha value is -1.16. The number of nitrogens with zero attached hydrogens (tertiary/aromatic N) is 1. The molecule has 0 aliphatic rings. The average Bonchev–Trinajstić information content (AvgIpc) is 2.23. The molecule has 1 heterocycles. The number of rotatable bonds is 4. The Bertz CT molecular complexity index is 460. The van der Waals surface area contributed by atoms with Gasteiger partial charge in [0.15, 0.2) is 12.4 Å². The monoisotopic (exact) mass is 303 g/mol. The van der Waals surface area contributed by atoms with Gasteiger partial charge in [0.05, 0.1) is 0 Å². The first kappa shape index (κ1) is 17.8. The van der Waals surface area contributed by atoms with E-state index in [0.717, 1.165) is 0 Å². The SMILES string of the molecule is CCCC([n+]1ccccc1)S(=O)(=O)O.F[B-](F)(F)F. The Kier molecular flexibility index (Phi) is 6.99. The van der Waals surface area contributed by atoms with E-state index in [4.69, 9.17) is 4.55 Å². The lowest BCUT2D eigenvalue weighted by molar-refractivity contribution is -0.702. The maximum Gasteiger partial charge on any atom is 0.673 e. The first-order valence-electron chi connectivity index (χ1n) is 5.35. The lowest BCUT2D eigenvalue weighted by atomic mass is 10.3. The van der Waals surface area contributed by atoms with E-state index in [1.807, 2.05) is 6.92 Å². The third-order valence-corrected chi connectivity index (χ3v) is 3.12. The van der Waals surface area contributed by atoms with Crippen LogP contribution in [-0.4, -0.2) is 20.2 Å². The number of pyridine rings is 1. The van der Waals surface area contributed by atoms with Crippen LogP contribution < -0.4 is 4.57 Å². The van der Waals surface area contributed by atoms with Crippen LogP contribution in [0, 0.1) is 0 Å². The zero-order valence-electron chi connectivity index (χ0n) is 10.1. The summed E-state index contributed by atoms with van der Waals surface area (Å²) in [6.07, 6.45) is 4.38. The molecule has 1 aromatic rings. The highest BCUT2D eigenvalue weighted by Gasteiger charge is 2.30. The Morgan fingerprint density at radius 2 is 1.58 bits per heavy atom.